The molecule has 4 nitrogen and oxygen atoms in total. The number of thiazole rings is 1. The Bertz CT molecular complexity index is 360. The summed E-state index contributed by atoms with van der Waals surface area (Å²) in [7, 11) is 1.39. The number of aromatic nitrogens is 1. The van der Waals surface area contributed by atoms with Crippen LogP contribution < -0.4 is 5.73 Å². The fraction of sp³-hybridized carbons (Fsp3) is 0.600. The molecule has 1 aromatic rings. The predicted octanol–water partition coefficient (Wildman–Crippen LogP) is 1.24. The Hall–Kier alpha value is -0.940. The van der Waals surface area contributed by atoms with E-state index in [9.17, 15) is 4.79 Å². The molecule has 2 rings (SSSR count). The minimum absolute atomic E-state index is 0.261. The molecule has 5 heteroatoms. The fourth-order valence-corrected chi connectivity index (χ4v) is 2.62. The summed E-state index contributed by atoms with van der Waals surface area (Å²) < 4.78 is 4.74. The number of nitrogens with zero attached hydrogens (tertiary/aromatic N) is 1. The minimum Gasteiger partial charge on any atom is -0.468 e. The summed E-state index contributed by atoms with van der Waals surface area (Å²) in [6.07, 6.45) is 2.35. The monoisotopic (exact) mass is 226 g/mol. The Morgan fingerprint density at radius 1 is 1.80 bits per heavy atom. The van der Waals surface area contributed by atoms with E-state index in [1.54, 1.807) is 5.51 Å². The third-order valence-corrected chi connectivity index (χ3v) is 3.58. The van der Waals surface area contributed by atoms with Gasteiger partial charge in [-0.15, -0.1) is 11.3 Å². The molecule has 1 aliphatic rings. The summed E-state index contributed by atoms with van der Waals surface area (Å²) in [5.41, 5.74) is 8.45. The van der Waals surface area contributed by atoms with Gasteiger partial charge in [0, 0.05) is 17.3 Å². The third kappa shape index (κ3) is 2.03. The lowest BCUT2D eigenvalue weighted by Gasteiger charge is -2.11. The zero-order valence-electron chi connectivity index (χ0n) is 8.60. The molecule has 1 atom stereocenters. The number of nitrogens with two attached hydrogens (primary N) is 1. The Balaban J connectivity index is 2.25. The van der Waals surface area contributed by atoms with Gasteiger partial charge in [0.25, 0.3) is 0 Å². The molecule has 1 aliphatic carbocycles. The number of methoxy groups -OCH3 is 1. The van der Waals surface area contributed by atoms with E-state index in [1.807, 2.05) is 0 Å². The highest BCUT2D eigenvalue weighted by molar-refractivity contribution is 7.10. The predicted molar refractivity (Wildman–Crippen MR) is 57.9 cm³/mol. The average molecular weight is 226 g/mol. The van der Waals surface area contributed by atoms with Crippen LogP contribution in [0.5, 0.6) is 0 Å². The van der Waals surface area contributed by atoms with Gasteiger partial charge in [-0.05, 0) is 12.8 Å². The number of rotatable bonds is 4. The maximum absolute atomic E-state index is 11.5. The van der Waals surface area contributed by atoms with Gasteiger partial charge in [-0.25, -0.2) is 4.98 Å². The van der Waals surface area contributed by atoms with Crippen molar-refractivity contribution in [3.8, 4) is 0 Å². The minimum atomic E-state index is -0.335. The van der Waals surface area contributed by atoms with Crippen LogP contribution in [0.15, 0.2) is 5.51 Å². The molecule has 0 spiro atoms. The summed E-state index contributed by atoms with van der Waals surface area (Å²) in [5.74, 6) is -0.0493. The molecule has 0 bridgehead atoms. The molecule has 0 saturated heterocycles. The summed E-state index contributed by atoms with van der Waals surface area (Å²) in [5, 5.41) is 0. The van der Waals surface area contributed by atoms with Crippen LogP contribution in [0.4, 0.5) is 0 Å². The second-order valence-electron chi connectivity index (χ2n) is 3.69. The van der Waals surface area contributed by atoms with Gasteiger partial charge in [0.05, 0.1) is 18.3 Å². The Kier molecular flexibility index (Phi) is 3.02. The molecule has 1 fully saturated rings. The number of carbonyl (C=O) groups excluding carboxylic acids is 1. The van der Waals surface area contributed by atoms with Crippen LogP contribution in [0.2, 0.25) is 0 Å². The zero-order chi connectivity index (χ0) is 10.8. The first kappa shape index (κ1) is 10.6. The molecule has 1 heterocycles. The standard InChI is InChI=1S/C10H14N2O2S/c1-14-10(13)7(4-11)9-8(6-2-3-6)12-5-15-9/h5-7H,2-4,11H2,1H3. The van der Waals surface area contributed by atoms with Crippen molar-refractivity contribution in [2.24, 2.45) is 5.73 Å². The largest absolute Gasteiger partial charge is 0.468 e. The first-order valence-electron chi connectivity index (χ1n) is 4.99. The van der Waals surface area contributed by atoms with Gasteiger partial charge in [0.2, 0.25) is 0 Å². The lowest BCUT2D eigenvalue weighted by Crippen LogP contribution is -2.22. The molecule has 82 valence electrons. The van der Waals surface area contributed by atoms with Crippen molar-refractivity contribution in [2.45, 2.75) is 24.7 Å². The smallest absolute Gasteiger partial charge is 0.315 e. The number of carbonyl (C=O) groups is 1. The molecular formula is C10H14N2O2S. The number of ether oxygens (including phenoxy) is 1. The van der Waals surface area contributed by atoms with Crippen molar-refractivity contribution in [3.63, 3.8) is 0 Å². The zero-order valence-corrected chi connectivity index (χ0v) is 9.42. The van der Waals surface area contributed by atoms with E-state index in [2.05, 4.69) is 4.98 Å². The summed E-state index contributed by atoms with van der Waals surface area (Å²) in [6, 6.07) is 0. The van der Waals surface area contributed by atoms with Crippen LogP contribution in [0.25, 0.3) is 0 Å². The van der Waals surface area contributed by atoms with Gasteiger partial charge in [-0.3, -0.25) is 4.79 Å². The quantitative estimate of drug-likeness (QED) is 0.784. The van der Waals surface area contributed by atoms with Crippen LogP contribution in [-0.4, -0.2) is 24.6 Å². The van der Waals surface area contributed by atoms with E-state index in [4.69, 9.17) is 10.5 Å². The van der Waals surface area contributed by atoms with Gasteiger partial charge in [0.1, 0.15) is 5.92 Å². The van der Waals surface area contributed by atoms with E-state index >= 15 is 0 Å². The van der Waals surface area contributed by atoms with E-state index < -0.39 is 0 Å². The van der Waals surface area contributed by atoms with Gasteiger partial charge < -0.3 is 10.5 Å². The number of esters is 1. The van der Waals surface area contributed by atoms with Crippen molar-refractivity contribution in [3.05, 3.63) is 16.1 Å². The summed E-state index contributed by atoms with van der Waals surface area (Å²) in [6.45, 7) is 0.286. The Labute approximate surface area is 92.5 Å². The van der Waals surface area contributed by atoms with Crippen molar-refractivity contribution < 1.29 is 9.53 Å². The van der Waals surface area contributed by atoms with Crippen molar-refractivity contribution in [2.75, 3.05) is 13.7 Å². The second kappa shape index (κ2) is 4.28. The maximum atomic E-state index is 11.5. The molecule has 1 saturated carbocycles. The first-order chi connectivity index (χ1) is 7.27. The molecule has 1 unspecified atom stereocenters. The SMILES string of the molecule is COC(=O)C(CN)c1scnc1C1CC1. The molecule has 0 amide bonds. The van der Waals surface area contributed by atoms with Gasteiger partial charge in [0.15, 0.2) is 0 Å². The van der Waals surface area contributed by atoms with Crippen LogP contribution >= 0.6 is 11.3 Å². The number of hydrogen-bond acceptors (Lipinski definition) is 5. The van der Waals surface area contributed by atoms with E-state index in [0.717, 1.165) is 10.6 Å². The molecule has 0 aromatic carbocycles. The highest BCUT2D eigenvalue weighted by Gasteiger charge is 2.33. The van der Waals surface area contributed by atoms with Crippen molar-refractivity contribution >= 4 is 17.3 Å². The molecule has 0 radical (unpaired) electrons. The Morgan fingerprint density at radius 2 is 2.53 bits per heavy atom. The normalized spacial score (nSPS) is 17.5. The third-order valence-electron chi connectivity index (χ3n) is 2.63. The van der Waals surface area contributed by atoms with E-state index in [1.165, 1.54) is 31.3 Å². The van der Waals surface area contributed by atoms with Crippen molar-refractivity contribution in [1.82, 2.24) is 4.98 Å². The van der Waals surface area contributed by atoms with Crippen molar-refractivity contribution in [1.29, 1.82) is 0 Å². The van der Waals surface area contributed by atoms with Crippen LogP contribution in [0, 0.1) is 0 Å². The lowest BCUT2D eigenvalue weighted by molar-refractivity contribution is -0.142. The number of hydrogen-bond donors (Lipinski definition) is 1. The van der Waals surface area contributed by atoms with Gasteiger partial charge in [-0.2, -0.15) is 0 Å². The molecule has 15 heavy (non-hydrogen) atoms. The van der Waals surface area contributed by atoms with E-state index in [0.29, 0.717) is 5.92 Å². The molecular weight excluding hydrogens is 212 g/mol. The maximum Gasteiger partial charge on any atom is 0.315 e. The lowest BCUT2D eigenvalue weighted by atomic mass is 10.0. The fourth-order valence-electron chi connectivity index (χ4n) is 1.64. The first-order valence-corrected chi connectivity index (χ1v) is 5.87. The van der Waals surface area contributed by atoms with E-state index in [-0.39, 0.29) is 18.4 Å². The second-order valence-corrected chi connectivity index (χ2v) is 4.57. The van der Waals surface area contributed by atoms with Crippen LogP contribution in [-0.2, 0) is 9.53 Å². The molecule has 0 aliphatic heterocycles. The van der Waals surface area contributed by atoms with Crippen LogP contribution in [0.1, 0.15) is 35.2 Å². The topological polar surface area (TPSA) is 65.2 Å². The van der Waals surface area contributed by atoms with Gasteiger partial charge in [-0.1, -0.05) is 0 Å². The molecule has 2 N–H and O–H groups in total. The highest BCUT2D eigenvalue weighted by Crippen LogP contribution is 2.43. The van der Waals surface area contributed by atoms with Gasteiger partial charge >= 0.3 is 5.97 Å². The molecule has 1 aromatic heterocycles. The average Bonchev–Trinajstić information content (AvgIpc) is 2.99. The van der Waals surface area contributed by atoms with Crippen LogP contribution in [0.3, 0.4) is 0 Å². The summed E-state index contributed by atoms with van der Waals surface area (Å²) >= 11 is 1.50. The highest BCUT2D eigenvalue weighted by atomic mass is 32.1. The Morgan fingerprint density at radius 3 is 3.07 bits per heavy atom. The summed E-state index contributed by atoms with van der Waals surface area (Å²) in [4.78, 5) is 16.8.